The summed E-state index contributed by atoms with van der Waals surface area (Å²) < 4.78 is 5.27. The average molecular weight is 561 g/mol. The lowest BCUT2D eigenvalue weighted by Gasteiger charge is -2.18. The van der Waals surface area contributed by atoms with Gasteiger partial charge in [-0.15, -0.1) is 24.0 Å². The number of rotatable bonds is 7. The lowest BCUT2D eigenvalue weighted by molar-refractivity contribution is 0.421. The van der Waals surface area contributed by atoms with E-state index in [1.165, 1.54) is 0 Å². The van der Waals surface area contributed by atoms with Gasteiger partial charge in [0.05, 0.1) is 16.1 Å². The van der Waals surface area contributed by atoms with Gasteiger partial charge >= 0.3 is 0 Å². The number of aromatic nitrogens is 3. The van der Waals surface area contributed by atoms with Gasteiger partial charge in [0, 0.05) is 25.7 Å². The summed E-state index contributed by atoms with van der Waals surface area (Å²) in [4.78, 5) is 13.2. The Balaban J connectivity index is 0.00000320. The maximum absolute atomic E-state index is 6.12. The third-order valence-corrected chi connectivity index (χ3v) is 4.84. The van der Waals surface area contributed by atoms with Crippen LogP contribution in [0.4, 0.5) is 0 Å². The van der Waals surface area contributed by atoms with Crippen LogP contribution in [-0.4, -0.2) is 34.2 Å². The normalized spacial score (nSPS) is 12.2. The molecule has 160 valence electrons. The van der Waals surface area contributed by atoms with Gasteiger partial charge in [-0.3, -0.25) is 9.98 Å². The van der Waals surface area contributed by atoms with Crippen LogP contribution in [0.25, 0.3) is 11.6 Å². The zero-order chi connectivity index (χ0) is 20.6. The van der Waals surface area contributed by atoms with Crippen LogP contribution in [0.5, 0.6) is 0 Å². The molecule has 2 N–H and O–H groups in total. The molecule has 1 atom stereocenters. The van der Waals surface area contributed by atoms with Gasteiger partial charge in [0.25, 0.3) is 5.89 Å². The maximum atomic E-state index is 6.12. The fourth-order valence-corrected chi connectivity index (χ4v) is 2.91. The molecule has 0 aliphatic rings. The molecule has 10 heteroatoms. The van der Waals surface area contributed by atoms with Gasteiger partial charge in [-0.05, 0) is 43.7 Å². The summed E-state index contributed by atoms with van der Waals surface area (Å²) in [5.41, 5.74) is 1.67. The molecule has 2 aromatic heterocycles. The standard InChI is InChI=1S/C20H22Cl2N6O.HI/c1-3-23-20(26-13(2)14-7-8-15(21)16(22)12-14)25-11-9-18-27-19(29-28-18)17-6-4-5-10-24-17;/h4-8,10,12-13H,3,9,11H2,1-2H3,(H2,23,25,26);1H. The van der Waals surface area contributed by atoms with Crippen LogP contribution in [0.2, 0.25) is 10.0 Å². The lowest BCUT2D eigenvalue weighted by Crippen LogP contribution is -2.38. The van der Waals surface area contributed by atoms with E-state index in [2.05, 4.69) is 30.8 Å². The fourth-order valence-electron chi connectivity index (χ4n) is 2.61. The summed E-state index contributed by atoms with van der Waals surface area (Å²) in [5.74, 6) is 1.69. The van der Waals surface area contributed by atoms with Crippen molar-refractivity contribution in [2.75, 3.05) is 13.1 Å². The minimum atomic E-state index is 0. The Morgan fingerprint density at radius 1 is 1.20 bits per heavy atom. The molecule has 0 aliphatic heterocycles. The number of hydrogen-bond donors (Lipinski definition) is 2. The van der Waals surface area contributed by atoms with Gasteiger partial charge in [0.15, 0.2) is 11.8 Å². The molecule has 0 saturated heterocycles. The highest BCUT2D eigenvalue weighted by Crippen LogP contribution is 2.25. The number of pyridine rings is 1. The minimum absolute atomic E-state index is 0. The quantitative estimate of drug-likeness (QED) is 0.242. The van der Waals surface area contributed by atoms with Crippen molar-refractivity contribution in [3.8, 4) is 11.6 Å². The summed E-state index contributed by atoms with van der Waals surface area (Å²) in [5, 5.41) is 11.7. The Labute approximate surface area is 202 Å². The second kappa shape index (κ2) is 12.1. The number of nitrogens with zero attached hydrogens (tertiary/aromatic N) is 4. The van der Waals surface area contributed by atoms with Crippen LogP contribution in [0, 0.1) is 0 Å². The van der Waals surface area contributed by atoms with Crippen molar-refractivity contribution in [2.24, 2.45) is 4.99 Å². The van der Waals surface area contributed by atoms with Crippen LogP contribution in [0.15, 0.2) is 52.1 Å². The average Bonchev–Trinajstić information content (AvgIpc) is 3.20. The smallest absolute Gasteiger partial charge is 0.276 e. The Hall–Kier alpha value is -1.91. The van der Waals surface area contributed by atoms with Crippen molar-refractivity contribution in [2.45, 2.75) is 26.3 Å². The lowest BCUT2D eigenvalue weighted by atomic mass is 10.1. The van der Waals surface area contributed by atoms with Gasteiger partial charge in [-0.2, -0.15) is 4.98 Å². The minimum Gasteiger partial charge on any atom is -0.357 e. The molecule has 0 aliphatic carbocycles. The first-order chi connectivity index (χ1) is 14.1. The molecule has 0 fully saturated rings. The highest BCUT2D eigenvalue weighted by atomic mass is 127. The van der Waals surface area contributed by atoms with Crippen molar-refractivity contribution < 1.29 is 4.52 Å². The number of hydrogen-bond acceptors (Lipinski definition) is 5. The molecule has 3 aromatic rings. The van der Waals surface area contributed by atoms with Crippen molar-refractivity contribution in [1.82, 2.24) is 25.8 Å². The van der Waals surface area contributed by atoms with E-state index in [1.807, 2.05) is 44.2 Å². The van der Waals surface area contributed by atoms with Crippen molar-refractivity contribution >= 4 is 53.1 Å². The molecule has 0 radical (unpaired) electrons. The van der Waals surface area contributed by atoms with E-state index < -0.39 is 0 Å². The van der Waals surface area contributed by atoms with E-state index in [4.69, 9.17) is 27.7 Å². The van der Waals surface area contributed by atoms with E-state index in [1.54, 1.807) is 12.3 Å². The molecular weight excluding hydrogens is 538 g/mol. The molecule has 2 heterocycles. The molecule has 7 nitrogen and oxygen atoms in total. The Kier molecular flexibility index (Phi) is 9.80. The first kappa shape index (κ1) is 24.4. The number of nitrogens with one attached hydrogen (secondary N) is 2. The Morgan fingerprint density at radius 2 is 2.03 bits per heavy atom. The summed E-state index contributed by atoms with van der Waals surface area (Å²) in [6, 6.07) is 11.1. The first-order valence-electron chi connectivity index (χ1n) is 9.30. The number of aliphatic imine (C=N–C) groups is 1. The van der Waals surface area contributed by atoms with Crippen molar-refractivity contribution in [3.63, 3.8) is 0 Å². The predicted octanol–water partition coefficient (Wildman–Crippen LogP) is 4.92. The topological polar surface area (TPSA) is 88.2 Å². The van der Waals surface area contributed by atoms with Crippen LogP contribution in [0.3, 0.4) is 0 Å². The van der Waals surface area contributed by atoms with Gasteiger partial charge in [-0.25, -0.2) is 0 Å². The first-order valence-corrected chi connectivity index (χ1v) is 10.1. The zero-order valence-electron chi connectivity index (χ0n) is 16.6. The second-order valence-corrected chi connectivity index (χ2v) is 7.10. The Bertz CT molecular complexity index is 967. The van der Waals surface area contributed by atoms with Crippen LogP contribution >= 0.6 is 47.2 Å². The second-order valence-electron chi connectivity index (χ2n) is 6.28. The van der Waals surface area contributed by atoms with Crippen molar-refractivity contribution in [3.05, 3.63) is 64.0 Å². The third-order valence-electron chi connectivity index (χ3n) is 4.10. The SMILES string of the molecule is CCNC(=NCCc1noc(-c2ccccn2)n1)NC(C)c1ccc(Cl)c(Cl)c1.I. The number of guanidine groups is 1. The largest absolute Gasteiger partial charge is 0.357 e. The van der Waals surface area contributed by atoms with Gasteiger partial charge in [0.1, 0.15) is 5.69 Å². The van der Waals surface area contributed by atoms with Crippen molar-refractivity contribution in [1.29, 1.82) is 0 Å². The van der Waals surface area contributed by atoms with Gasteiger partial charge in [-0.1, -0.05) is 40.5 Å². The van der Waals surface area contributed by atoms with Gasteiger partial charge in [0.2, 0.25) is 0 Å². The Morgan fingerprint density at radius 3 is 2.73 bits per heavy atom. The molecule has 0 amide bonds. The summed E-state index contributed by atoms with van der Waals surface area (Å²) in [6.07, 6.45) is 2.24. The fraction of sp³-hybridized carbons (Fsp3) is 0.300. The van der Waals surface area contributed by atoms with Crippen LogP contribution < -0.4 is 10.6 Å². The molecule has 0 spiro atoms. The van der Waals surface area contributed by atoms with Crippen LogP contribution in [0.1, 0.15) is 31.3 Å². The maximum Gasteiger partial charge on any atom is 0.276 e. The monoisotopic (exact) mass is 560 g/mol. The highest BCUT2D eigenvalue weighted by Gasteiger charge is 2.11. The summed E-state index contributed by atoms with van der Waals surface area (Å²) in [7, 11) is 0. The van der Waals surface area contributed by atoms with E-state index in [-0.39, 0.29) is 30.0 Å². The molecule has 3 rings (SSSR count). The van der Waals surface area contributed by atoms with E-state index >= 15 is 0 Å². The highest BCUT2D eigenvalue weighted by molar-refractivity contribution is 14.0. The number of halogens is 3. The third kappa shape index (κ3) is 6.82. The van der Waals surface area contributed by atoms with Crippen LogP contribution in [-0.2, 0) is 6.42 Å². The molecular formula is C20H23Cl2IN6O. The zero-order valence-corrected chi connectivity index (χ0v) is 20.4. The van der Waals surface area contributed by atoms with E-state index in [0.29, 0.717) is 46.4 Å². The predicted molar refractivity (Wildman–Crippen MR) is 131 cm³/mol. The van der Waals surface area contributed by atoms with Gasteiger partial charge < -0.3 is 15.2 Å². The molecule has 1 aromatic carbocycles. The summed E-state index contributed by atoms with van der Waals surface area (Å²) in [6.45, 7) is 5.29. The molecule has 30 heavy (non-hydrogen) atoms. The molecule has 0 bridgehead atoms. The van der Waals surface area contributed by atoms with E-state index in [9.17, 15) is 0 Å². The molecule has 0 saturated carbocycles. The number of benzene rings is 1. The summed E-state index contributed by atoms with van der Waals surface area (Å²) >= 11 is 12.1. The van der Waals surface area contributed by atoms with E-state index in [0.717, 1.165) is 12.1 Å². The molecule has 1 unspecified atom stereocenters.